The molecule has 0 atom stereocenters. The van der Waals surface area contributed by atoms with Crippen LogP contribution < -0.4 is 10.9 Å². The first-order chi connectivity index (χ1) is 6.17. The highest BCUT2D eigenvalue weighted by Crippen LogP contribution is 2.04. The second-order valence-electron chi connectivity index (χ2n) is 2.25. The van der Waals surface area contributed by atoms with Gasteiger partial charge in [0.15, 0.2) is 5.17 Å². The third kappa shape index (κ3) is 2.33. The molecule has 0 unspecified atom stereocenters. The van der Waals surface area contributed by atoms with Crippen LogP contribution in [0.4, 0.5) is 0 Å². The molecule has 0 fully saturated rings. The van der Waals surface area contributed by atoms with Crippen LogP contribution in [-0.2, 0) is 4.79 Å². The highest BCUT2D eigenvalue weighted by Gasteiger charge is 2.13. The van der Waals surface area contributed by atoms with Crippen LogP contribution in [0.5, 0.6) is 0 Å². The molecule has 7 heteroatoms. The lowest BCUT2D eigenvalue weighted by Crippen LogP contribution is -2.47. The van der Waals surface area contributed by atoms with Gasteiger partial charge in [-0.1, -0.05) is 11.6 Å². The summed E-state index contributed by atoms with van der Waals surface area (Å²) in [5.41, 5.74) is 5.46. The molecule has 0 aromatic carbocycles. The number of nitrogens with one attached hydrogen (secondary N) is 2. The third-order valence-electron chi connectivity index (χ3n) is 1.38. The van der Waals surface area contributed by atoms with Crippen molar-refractivity contribution < 1.29 is 4.79 Å². The van der Waals surface area contributed by atoms with Gasteiger partial charge in [0.05, 0.1) is 0 Å². The van der Waals surface area contributed by atoms with Gasteiger partial charge in [-0.2, -0.15) is 0 Å². The maximum absolute atomic E-state index is 10.3. The summed E-state index contributed by atoms with van der Waals surface area (Å²) >= 11 is 5.68. The SMILES string of the molecule is CNN1N=C(Cl)C=C(N(C)[C]=O)N1. The lowest BCUT2D eigenvalue weighted by Gasteiger charge is -2.26. The third-order valence-corrected chi connectivity index (χ3v) is 1.57. The largest absolute Gasteiger partial charge is 0.317 e. The van der Waals surface area contributed by atoms with Crippen LogP contribution in [-0.4, -0.2) is 35.8 Å². The van der Waals surface area contributed by atoms with Gasteiger partial charge >= 0.3 is 6.41 Å². The minimum Gasteiger partial charge on any atom is -0.292 e. The van der Waals surface area contributed by atoms with Gasteiger partial charge in [-0.25, -0.2) is 5.43 Å². The summed E-state index contributed by atoms with van der Waals surface area (Å²) in [6, 6.07) is 0. The van der Waals surface area contributed by atoms with E-state index in [1.807, 2.05) is 0 Å². The molecule has 0 spiro atoms. The lowest BCUT2D eigenvalue weighted by atomic mass is 10.5. The zero-order valence-corrected chi connectivity index (χ0v) is 7.96. The molecular weight excluding hydrogens is 194 g/mol. The van der Waals surface area contributed by atoms with E-state index in [0.29, 0.717) is 5.82 Å². The molecule has 0 bridgehead atoms. The summed E-state index contributed by atoms with van der Waals surface area (Å²) in [6.45, 7) is 0. The van der Waals surface area contributed by atoms with Crippen LogP contribution in [0.2, 0.25) is 0 Å². The number of halogens is 1. The van der Waals surface area contributed by atoms with Gasteiger partial charge in [0, 0.05) is 20.2 Å². The summed E-state index contributed by atoms with van der Waals surface area (Å²) in [5, 5.41) is 5.38. The molecule has 1 radical (unpaired) electrons. The number of allylic oxidation sites excluding steroid dienone is 1. The Kier molecular flexibility index (Phi) is 3.10. The number of hydrogen-bond acceptors (Lipinski definition) is 5. The topological polar surface area (TPSA) is 60.0 Å². The van der Waals surface area contributed by atoms with Crippen molar-refractivity contribution in [1.29, 1.82) is 0 Å². The molecule has 2 N–H and O–H groups in total. The van der Waals surface area contributed by atoms with Crippen LogP contribution in [0, 0.1) is 0 Å². The summed E-state index contributed by atoms with van der Waals surface area (Å²) in [4.78, 5) is 11.5. The number of carbonyl (C=O) groups excluding carboxylic acids is 1. The minimum atomic E-state index is 0.269. The van der Waals surface area contributed by atoms with E-state index < -0.39 is 0 Å². The quantitative estimate of drug-likeness (QED) is 0.597. The molecule has 0 saturated carbocycles. The van der Waals surface area contributed by atoms with Crippen LogP contribution in [0.1, 0.15) is 0 Å². The molecule has 1 aliphatic rings. The lowest BCUT2D eigenvalue weighted by molar-refractivity contribution is 0.140. The van der Waals surface area contributed by atoms with E-state index in [0.717, 1.165) is 0 Å². The summed E-state index contributed by atoms with van der Waals surface area (Å²) in [6.07, 6.45) is 3.20. The van der Waals surface area contributed by atoms with Gasteiger partial charge in [0.1, 0.15) is 5.82 Å². The Hall–Kier alpha value is -1.27. The van der Waals surface area contributed by atoms with Gasteiger partial charge in [-0.3, -0.25) is 15.1 Å². The van der Waals surface area contributed by atoms with Crippen LogP contribution in [0.25, 0.3) is 0 Å². The summed E-state index contributed by atoms with van der Waals surface area (Å²) < 4.78 is 0. The van der Waals surface area contributed by atoms with Crippen LogP contribution in [0.3, 0.4) is 0 Å². The van der Waals surface area contributed by atoms with E-state index >= 15 is 0 Å². The zero-order valence-electron chi connectivity index (χ0n) is 7.21. The number of rotatable bonds is 3. The van der Waals surface area contributed by atoms with Crippen LogP contribution >= 0.6 is 11.6 Å². The fourth-order valence-corrected chi connectivity index (χ4v) is 0.909. The highest BCUT2D eigenvalue weighted by atomic mass is 35.5. The van der Waals surface area contributed by atoms with Crippen molar-refractivity contribution in [2.45, 2.75) is 0 Å². The Morgan fingerprint density at radius 3 is 3.08 bits per heavy atom. The molecule has 1 heterocycles. The predicted molar refractivity (Wildman–Crippen MR) is 48.9 cm³/mol. The Labute approximate surface area is 80.8 Å². The average molecular weight is 203 g/mol. The van der Waals surface area contributed by atoms with Gasteiger partial charge in [-0.05, 0) is 0 Å². The van der Waals surface area contributed by atoms with Crippen LogP contribution in [0.15, 0.2) is 17.0 Å². The Balaban J connectivity index is 2.77. The fraction of sp³-hybridized carbons (Fsp3) is 0.333. The van der Waals surface area contributed by atoms with Gasteiger partial charge in [-0.15, -0.1) is 10.3 Å². The normalized spacial score (nSPS) is 15.8. The molecule has 13 heavy (non-hydrogen) atoms. The standard InChI is InChI=1S/C6H9ClN5O/c1-8-12-9-5(7)3-6(10-12)11(2)4-13/h3,8,10H,1-2H3. The minimum absolute atomic E-state index is 0.269. The maximum atomic E-state index is 10.3. The molecule has 6 nitrogen and oxygen atoms in total. The average Bonchev–Trinajstić information content (AvgIpc) is 2.15. The second kappa shape index (κ2) is 4.11. The van der Waals surface area contributed by atoms with Crippen molar-refractivity contribution in [3.05, 3.63) is 11.9 Å². The predicted octanol–water partition coefficient (Wildman–Crippen LogP) is -0.666. The summed E-state index contributed by atoms with van der Waals surface area (Å²) in [7, 11) is 3.21. The fourth-order valence-electron chi connectivity index (χ4n) is 0.730. The highest BCUT2D eigenvalue weighted by molar-refractivity contribution is 6.68. The number of nitrogens with zero attached hydrogens (tertiary/aromatic N) is 3. The van der Waals surface area contributed by atoms with Crippen molar-refractivity contribution in [1.82, 2.24) is 21.0 Å². The van der Waals surface area contributed by atoms with Gasteiger partial charge < -0.3 is 0 Å². The molecule has 0 aromatic heterocycles. The van der Waals surface area contributed by atoms with Crippen molar-refractivity contribution in [3.8, 4) is 0 Å². The van der Waals surface area contributed by atoms with Gasteiger partial charge in [0.25, 0.3) is 0 Å². The number of hydrazone groups is 1. The first-order valence-corrected chi connectivity index (χ1v) is 3.86. The molecule has 0 aliphatic carbocycles. The molecule has 1 aliphatic heterocycles. The summed E-state index contributed by atoms with van der Waals surface area (Å²) in [5.74, 6) is 0.490. The van der Waals surface area contributed by atoms with E-state index in [4.69, 9.17) is 11.6 Å². The molecular formula is C6H9ClN5O. The number of amides is 1. The first-order valence-electron chi connectivity index (χ1n) is 3.49. The first kappa shape index (κ1) is 9.82. The molecule has 0 aromatic rings. The zero-order chi connectivity index (χ0) is 9.84. The number of hydrazine groups is 2. The van der Waals surface area contributed by atoms with E-state index in [2.05, 4.69) is 16.0 Å². The van der Waals surface area contributed by atoms with Crippen molar-refractivity contribution in [2.75, 3.05) is 14.1 Å². The van der Waals surface area contributed by atoms with E-state index in [1.165, 1.54) is 16.2 Å². The van der Waals surface area contributed by atoms with E-state index in [9.17, 15) is 4.79 Å². The molecule has 1 amide bonds. The van der Waals surface area contributed by atoms with Crippen molar-refractivity contribution in [3.63, 3.8) is 0 Å². The molecule has 71 valence electrons. The van der Waals surface area contributed by atoms with Gasteiger partial charge in [0.2, 0.25) is 0 Å². The molecule has 0 saturated heterocycles. The second-order valence-corrected chi connectivity index (χ2v) is 2.64. The Morgan fingerprint density at radius 2 is 2.54 bits per heavy atom. The van der Waals surface area contributed by atoms with Crippen molar-refractivity contribution in [2.24, 2.45) is 5.10 Å². The van der Waals surface area contributed by atoms with Crippen molar-refractivity contribution >= 4 is 23.2 Å². The monoisotopic (exact) mass is 202 g/mol. The smallest absolute Gasteiger partial charge is 0.292 e. The van der Waals surface area contributed by atoms with E-state index in [1.54, 1.807) is 20.5 Å². The molecule has 1 rings (SSSR count). The van der Waals surface area contributed by atoms with E-state index in [-0.39, 0.29) is 5.17 Å². The Morgan fingerprint density at radius 1 is 1.85 bits per heavy atom. The maximum Gasteiger partial charge on any atom is 0.317 e. The number of hydrogen-bond donors (Lipinski definition) is 2. The Bertz CT molecular complexity index is 264.